The number of anilines is 1. The molecule has 1 amide bonds. The lowest BCUT2D eigenvalue weighted by Crippen LogP contribution is -2.07. The summed E-state index contributed by atoms with van der Waals surface area (Å²) in [6.07, 6.45) is 7.51. The standard InChI is InChI=1S/C20H21N3O3S2/c1-4-15-11-21-19(26-15)13(2)27-18-12-22-20(28-18)23-17(24)10-9-14-7-5-6-8-16(14)25-3/h5-13H,4H2,1-3H3,(H,22,23,24). The van der Waals surface area contributed by atoms with Crippen molar-refractivity contribution >= 4 is 40.2 Å². The summed E-state index contributed by atoms with van der Waals surface area (Å²) in [7, 11) is 1.60. The molecular formula is C20H21N3O3S2. The van der Waals surface area contributed by atoms with Gasteiger partial charge in [-0.2, -0.15) is 0 Å². The van der Waals surface area contributed by atoms with Gasteiger partial charge in [-0.05, 0) is 19.1 Å². The molecule has 0 aliphatic heterocycles. The molecule has 1 atom stereocenters. The number of rotatable bonds is 8. The van der Waals surface area contributed by atoms with E-state index in [-0.39, 0.29) is 11.2 Å². The van der Waals surface area contributed by atoms with E-state index < -0.39 is 0 Å². The Balaban J connectivity index is 1.57. The van der Waals surface area contributed by atoms with Crippen LogP contribution in [0.5, 0.6) is 5.75 Å². The Bertz CT molecular complexity index is 965. The van der Waals surface area contributed by atoms with Crippen LogP contribution in [0.3, 0.4) is 0 Å². The Morgan fingerprint density at radius 3 is 2.93 bits per heavy atom. The topological polar surface area (TPSA) is 77.2 Å². The van der Waals surface area contributed by atoms with Crippen molar-refractivity contribution in [3.05, 3.63) is 59.9 Å². The zero-order valence-corrected chi connectivity index (χ0v) is 17.5. The van der Waals surface area contributed by atoms with Crippen LogP contribution in [0.15, 0.2) is 51.4 Å². The maximum atomic E-state index is 12.2. The van der Waals surface area contributed by atoms with E-state index in [0.717, 1.165) is 22.0 Å². The first-order valence-corrected chi connectivity index (χ1v) is 10.5. The summed E-state index contributed by atoms with van der Waals surface area (Å²) in [5.74, 6) is 2.04. The molecule has 2 aromatic heterocycles. The van der Waals surface area contributed by atoms with Gasteiger partial charge in [-0.1, -0.05) is 36.5 Å². The normalized spacial score (nSPS) is 12.2. The number of amides is 1. The van der Waals surface area contributed by atoms with Gasteiger partial charge in [-0.3, -0.25) is 10.1 Å². The quantitative estimate of drug-likeness (QED) is 0.402. The molecule has 3 rings (SSSR count). The first-order chi connectivity index (χ1) is 13.6. The van der Waals surface area contributed by atoms with Gasteiger partial charge in [0.1, 0.15) is 11.5 Å². The lowest BCUT2D eigenvalue weighted by atomic mass is 10.2. The molecule has 146 valence electrons. The zero-order valence-electron chi connectivity index (χ0n) is 15.8. The van der Waals surface area contributed by atoms with E-state index in [4.69, 9.17) is 9.15 Å². The number of methoxy groups -OCH3 is 1. The summed E-state index contributed by atoms with van der Waals surface area (Å²) in [5.41, 5.74) is 0.835. The van der Waals surface area contributed by atoms with E-state index in [1.807, 2.05) is 38.1 Å². The molecule has 0 saturated carbocycles. The first kappa shape index (κ1) is 20.2. The summed E-state index contributed by atoms with van der Waals surface area (Å²) in [4.78, 5) is 20.8. The number of para-hydroxylation sites is 1. The van der Waals surface area contributed by atoms with E-state index in [9.17, 15) is 4.79 Å². The van der Waals surface area contributed by atoms with Crippen molar-refractivity contribution in [2.75, 3.05) is 12.4 Å². The number of aryl methyl sites for hydroxylation is 1. The molecule has 2 heterocycles. The van der Waals surface area contributed by atoms with Gasteiger partial charge in [0.2, 0.25) is 11.8 Å². The van der Waals surface area contributed by atoms with E-state index in [1.165, 1.54) is 17.4 Å². The van der Waals surface area contributed by atoms with Crippen LogP contribution < -0.4 is 10.1 Å². The van der Waals surface area contributed by atoms with Crippen LogP contribution in [-0.4, -0.2) is 23.0 Å². The van der Waals surface area contributed by atoms with Crippen LogP contribution in [0.25, 0.3) is 6.08 Å². The number of oxazole rings is 1. The Labute approximate surface area is 172 Å². The van der Waals surface area contributed by atoms with Crippen molar-refractivity contribution in [2.24, 2.45) is 0 Å². The van der Waals surface area contributed by atoms with Gasteiger partial charge in [-0.25, -0.2) is 9.97 Å². The summed E-state index contributed by atoms with van der Waals surface area (Å²) in [6.45, 7) is 4.06. The minimum Gasteiger partial charge on any atom is -0.496 e. The summed E-state index contributed by atoms with van der Waals surface area (Å²) in [5, 5.41) is 3.40. The minimum atomic E-state index is -0.245. The summed E-state index contributed by atoms with van der Waals surface area (Å²) >= 11 is 3.02. The van der Waals surface area contributed by atoms with Crippen LogP contribution in [0.4, 0.5) is 5.13 Å². The Kier molecular flexibility index (Phi) is 6.89. The Morgan fingerprint density at radius 2 is 2.18 bits per heavy atom. The number of thiazole rings is 1. The number of ether oxygens (including phenoxy) is 1. The predicted molar refractivity (Wildman–Crippen MR) is 113 cm³/mol. The molecule has 28 heavy (non-hydrogen) atoms. The van der Waals surface area contributed by atoms with Crippen LogP contribution in [-0.2, 0) is 11.2 Å². The number of thioether (sulfide) groups is 1. The van der Waals surface area contributed by atoms with Crippen LogP contribution in [0, 0.1) is 0 Å². The molecule has 0 aliphatic carbocycles. The zero-order chi connectivity index (χ0) is 19.9. The predicted octanol–water partition coefficient (Wildman–Crippen LogP) is 5.21. The van der Waals surface area contributed by atoms with Crippen molar-refractivity contribution in [1.29, 1.82) is 0 Å². The van der Waals surface area contributed by atoms with Crippen LogP contribution in [0.1, 0.15) is 36.3 Å². The maximum Gasteiger partial charge on any atom is 0.250 e. The van der Waals surface area contributed by atoms with Gasteiger partial charge < -0.3 is 9.15 Å². The second kappa shape index (κ2) is 9.57. The Morgan fingerprint density at radius 1 is 1.36 bits per heavy atom. The number of hydrogen-bond donors (Lipinski definition) is 1. The van der Waals surface area contributed by atoms with E-state index in [0.29, 0.717) is 16.8 Å². The molecule has 0 fully saturated rings. The Hall–Kier alpha value is -2.58. The van der Waals surface area contributed by atoms with Crippen molar-refractivity contribution in [3.8, 4) is 5.75 Å². The molecule has 1 aromatic carbocycles. The molecule has 0 bridgehead atoms. The van der Waals surface area contributed by atoms with Gasteiger partial charge in [-0.15, -0.1) is 11.8 Å². The number of nitrogens with one attached hydrogen (secondary N) is 1. The number of carbonyl (C=O) groups excluding carboxylic acids is 1. The maximum absolute atomic E-state index is 12.2. The average Bonchev–Trinajstić information content (AvgIpc) is 3.36. The number of nitrogens with zero attached hydrogens (tertiary/aromatic N) is 2. The highest BCUT2D eigenvalue weighted by atomic mass is 32.2. The highest BCUT2D eigenvalue weighted by molar-refractivity contribution is 8.01. The minimum absolute atomic E-state index is 0.0646. The van der Waals surface area contributed by atoms with Crippen molar-refractivity contribution < 1.29 is 13.9 Å². The third-order valence-corrected chi connectivity index (χ3v) is 5.97. The van der Waals surface area contributed by atoms with Gasteiger partial charge in [0.25, 0.3) is 0 Å². The summed E-state index contributed by atoms with van der Waals surface area (Å²) < 4.78 is 11.9. The van der Waals surface area contributed by atoms with Crippen molar-refractivity contribution in [2.45, 2.75) is 29.7 Å². The van der Waals surface area contributed by atoms with Gasteiger partial charge in [0.05, 0.1) is 29.0 Å². The van der Waals surface area contributed by atoms with Gasteiger partial charge in [0.15, 0.2) is 5.13 Å². The molecule has 0 spiro atoms. The van der Waals surface area contributed by atoms with Gasteiger partial charge in [0, 0.05) is 18.1 Å². The first-order valence-electron chi connectivity index (χ1n) is 8.78. The van der Waals surface area contributed by atoms with Crippen LogP contribution in [0.2, 0.25) is 0 Å². The molecule has 3 aromatic rings. The molecule has 0 aliphatic rings. The molecule has 8 heteroatoms. The number of carbonyl (C=O) groups is 1. The molecular weight excluding hydrogens is 394 g/mol. The fourth-order valence-electron chi connectivity index (χ4n) is 2.39. The molecule has 1 N–H and O–H groups in total. The molecule has 0 saturated heterocycles. The number of benzene rings is 1. The fourth-order valence-corrected chi connectivity index (χ4v) is 4.47. The fraction of sp³-hybridized carbons (Fsp3) is 0.250. The SMILES string of the molecule is CCc1cnc(C(C)Sc2cnc(NC(=O)C=Cc3ccccc3OC)s2)o1. The van der Waals surface area contributed by atoms with E-state index >= 15 is 0 Å². The third-order valence-electron chi connectivity index (χ3n) is 3.83. The highest BCUT2D eigenvalue weighted by Gasteiger charge is 2.15. The lowest BCUT2D eigenvalue weighted by molar-refractivity contribution is -0.111. The largest absolute Gasteiger partial charge is 0.496 e. The van der Waals surface area contributed by atoms with Crippen molar-refractivity contribution in [3.63, 3.8) is 0 Å². The smallest absolute Gasteiger partial charge is 0.250 e. The lowest BCUT2D eigenvalue weighted by Gasteiger charge is -2.04. The highest BCUT2D eigenvalue weighted by Crippen LogP contribution is 2.38. The number of aromatic nitrogens is 2. The monoisotopic (exact) mass is 415 g/mol. The second-order valence-electron chi connectivity index (χ2n) is 5.83. The van der Waals surface area contributed by atoms with E-state index in [1.54, 1.807) is 37.3 Å². The molecule has 6 nitrogen and oxygen atoms in total. The average molecular weight is 416 g/mol. The molecule has 0 radical (unpaired) electrons. The third kappa shape index (κ3) is 5.24. The van der Waals surface area contributed by atoms with Crippen LogP contribution >= 0.6 is 23.1 Å². The molecule has 1 unspecified atom stereocenters. The second-order valence-corrected chi connectivity index (χ2v) is 8.50. The van der Waals surface area contributed by atoms with Crippen molar-refractivity contribution in [1.82, 2.24) is 9.97 Å². The van der Waals surface area contributed by atoms with Gasteiger partial charge >= 0.3 is 0 Å². The summed E-state index contributed by atoms with van der Waals surface area (Å²) in [6, 6.07) is 7.51. The van der Waals surface area contributed by atoms with E-state index in [2.05, 4.69) is 15.3 Å². The number of hydrogen-bond acceptors (Lipinski definition) is 7.